The van der Waals surface area contributed by atoms with E-state index < -0.39 is 13.3 Å². The zero-order valence-corrected chi connectivity index (χ0v) is 12.9. The van der Waals surface area contributed by atoms with Gasteiger partial charge in [0, 0.05) is 0 Å². The van der Waals surface area contributed by atoms with Gasteiger partial charge in [0.15, 0.2) is 0 Å². The van der Waals surface area contributed by atoms with E-state index in [1.807, 2.05) is 0 Å². The minimum absolute atomic E-state index is 0.796. The summed E-state index contributed by atoms with van der Waals surface area (Å²) in [6.45, 7) is 2.28. The molecule has 88 valence electrons. The predicted molar refractivity (Wildman–Crippen MR) is 79.1 cm³/mol. The molecule has 0 amide bonds. The average molecular weight is 305 g/mol. The molecule has 0 bridgehead atoms. The van der Waals surface area contributed by atoms with Crippen LogP contribution in [0.4, 0.5) is 0 Å². The fourth-order valence-electron chi connectivity index (χ4n) is 2.34. The van der Waals surface area contributed by atoms with Crippen molar-refractivity contribution in [3.05, 3.63) is 60.7 Å². The molecule has 0 unspecified atom stereocenters. The van der Waals surface area contributed by atoms with Crippen molar-refractivity contribution in [2.75, 3.05) is 4.71 Å². The molecule has 0 fully saturated rings. The maximum absolute atomic E-state index is 6.38. The number of hydrogen-bond acceptors (Lipinski definition) is 0. The molecule has 0 spiro atoms. The third kappa shape index (κ3) is 2.43. The Morgan fingerprint density at radius 2 is 1.24 bits per heavy atom. The number of halogens is 1. The molecular formula is C15H17ClGe. The van der Waals surface area contributed by atoms with Crippen LogP contribution in [-0.4, -0.2) is 18.0 Å². The van der Waals surface area contributed by atoms with E-state index in [9.17, 15) is 0 Å². The van der Waals surface area contributed by atoms with Gasteiger partial charge in [-0.05, 0) is 0 Å². The van der Waals surface area contributed by atoms with Crippen molar-refractivity contribution in [1.29, 1.82) is 0 Å². The maximum atomic E-state index is 6.38. The van der Waals surface area contributed by atoms with E-state index in [4.69, 9.17) is 11.6 Å². The van der Waals surface area contributed by atoms with Gasteiger partial charge in [0.2, 0.25) is 0 Å². The molecule has 2 rings (SSSR count). The summed E-state index contributed by atoms with van der Waals surface area (Å²) in [5, 5.41) is 1.19. The Labute approximate surface area is 111 Å². The van der Waals surface area contributed by atoms with Crippen LogP contribution in [0.1, 0.15) is 6.92 Å². The second kappa shape index (κ2) is 5.74. The molecule has 0 saturated heterocycles. The van der Waals surface area contributed by atoms with Gasteiger partial charge in [-0.25, -0.2) is 0 Å². The van der Waals surface area contributed by atoms with Crippen LogP contribution >= 0.6 is 11.6 Å². The Kier molecular flexibility index (Phi) is 4.30. The normalized spacial score (nSPS) is 11.4. The monoisotopic (exact) mass is 306 g/mol. The molecule has 0 atom stereocenters. The van der Waals surface area contributed by atoms with E-state index in [2.05, 4.69) is 67.6 Å². The van der Waals surface area contributed by atoms with Crippen molar-refractivity contribution in [1.82, 2.24) is 0 Å². The van der Waals surface area contributed by atoms with Gasteiger partial charge in [-0.15, -0.1) is 0 Å². The number of rotatable bonds is 4. The molecule has 0 N–H and O–H groups in total. The molecular weight excluding hydrogens is 288 g/mol. The standard InChI is InChI=1S/C15H17ClGe/c1-2-17(13-16,14-9-5-3-6-10-14)15-11-7-4-8-12-15/h3-12H,2,13H2,1H3. The van der Waals surface area contributed by atoms with Gasteiger partial charge in [-0.2, -0.15) is 0 Å². The van der Waals surface area contributed by atoms with Crippen LogP contribution < -0.4 is 8.79 Å². The molecule has 0 aliphatic carbocycles. The van der Waals surface area contributed by atoms with Crippen LogP contribution in [0.2, 0.25) is 5.25 Å². The van der Waals surface area contributed by atoms with E-state index in [1.165, 1.54) is 14.0 Å². The van der Waals surface area contributed by atoms with Crippen LogP contribution in [0, 0.1) is 0 Å². The first kappa shape index (κ1) is 12.7. The Morgan fingerprint density at radius 3 is 1.53 bits per heavy atom. The Morgan fingerprint density at radius 1 is 0.824 bits per heavy atom. The summed E-state index contributed by atoms with van der Waals surface area (Å²) in [6.07, 6.45) is 0. The Balaban J connectivity index is 2.54. The fraction of sp³-hybridized carbons (Fsp3) is 0.200. The van der Waals surface area contributed by atoms with Gasteiger partial charge in [0.05, 0.1) is 0 Å². The van der Waals surface area contributed by atoms with E-state index in [1.54, 1.807) is 0 Å². The first-order chi connectivity index (χ1) is 8.33. The fourth-order valence-corrected chi connectivity index (χ4v) is 11.9. The second-order valence-corrected chi connectivity index (χ2v) is 14.7. The summed E-state index contributed by atoms with van der Waals surface area (Å²) in [5.41, 5.74) is 0. The van der Waals surface area contributed by atoms with E-state index in [0.29, 0.717) is 0 Å². The molecule has 0 aliphatic rings. The number of alkyl halides is 1. The summed E-state index contributed by atoms with van der Waals surface area (Å²) in [6, 6.07) is 21.6. The first-order valence-electron chi connectivity index (χ1n) is 6.00. The molecule has 0 nitrogen and oxygen atoms in total. The summed E-state index contributed by atoms with van der Waals surface area (Å²) in [4.78, 5) is 0. The van der Waals surface area contributed by atoms with Gasteiger partial charge >= 0.3 is 111 Å². The molecule has 0 saturated carbocycles. The van der Waals surface area contributed by atoms with Crippen molar-refractivity contribution in [2.24, 2.45) is 0 Å². The van der Waals surface area contributed by atoms with Gasteiger partial charge in [0.1, 0.15) is 0 Å². The van der Waals surface area contributed by atoms with Crippen LogP contribution in [-0.2, 0) is 0 Å². The van der Waals surface area contributed by atoms with Crippen molar-refractivity contribution in [2.45, 2.75) is 12.2 Å². The third-order valence-electron chi connectivity index (χ3n) is 3.48. The van der Waals surface area contributed by atoms with E-state index >= 15 is 0 Å². The van der Waals surface area contributed by atoms with Crippen molar-refractivity contribution in [3.8, 4) is 0 Å². The molecule has 17 heavy (non-hydrogen) atoms. The Hall–Kier alpha value is -0.727. The van der Waals surface area contributed by atoms with Gasteiger partial charge in [-0.1, -0.05) is 0 Å². The Bertz CT molecular complexity index is 407. The zero-order valence-electron chi connectivity index (χ0n) is 10.1. The number of hydrogen-bond donors (Lipinski definition) is 0. The molecule has 0 radical (unpaired) electrons. The summed E-state index contributed by atoms with van der Waals surface area (Å²) in [7, 11) is 0. The summed E-state index contributed by atoms with van der Waals surface area (Å²) in [5.74, 6) is 0. The van der Waals surface area contributed by atoms with Gasteiger partial charge in [0.25, 0.3) is 0 Å². The molecule has 2 heteroatoms. The molecule has 0 heterocycles. The van der Waals surface area contributed by atoms with Gasteiger partial charge in [-0.3, -0.25) is 0 Å². The SMILES string of the molecule is C[CH2][Ge]([CH2]Cl)([c]1ccccc1)[c]1ccccc1. The molecule has 0 aliphatic heterocycles. The van der Waals surface area contributed by atoms with Crippen LogP contribution in [0.25, 0.3) is 0 Å². The topological polar surface area (TPSA) is 0 Å². The van der Waals surface area contributed by atoms with Gasteiger partial charge < -0.3 is 0 Å². The van der Waals surface area contributed by atoms with Crippen molar-refractivity contribution in [3.63, 3.8) is 0 Å². The minimum atomic E-state index is -2.31. The van der Waals surface area contributed by atoms with E-state index in [0.717, 1.165) is 4.71 Å². The first-order valence-corrected chi connectivity index (χ1v) is 11.6. The van der Waals surface area contributed by atoms with Crippen molar-refractivity contribution < 1.29 is 0 Å². The van der Waals surface area contributed by atoms with Crippen LogP contribution in [0.15, 0.2) is 60.7 Å². The molecule has 2 aromatic rings. The predicted octanol–water partition coefficient (Wildman–Crippen LogP) is 3.05. The van der Waals surface area contributed by atoms with Crippen LogP contribution in [0.3, 0.4) is 0 Å². The third-order valence-corrected chi connectivity index (χ3v) is 15.4. The zero-order chi connectivity index (χ0) is 12.1. The number of benzene rings is 2. The summed E-state index contributed by atoms with van der Waals surface area (Å²) >= 11 is 4.06. The second-order valence-electron chi connectivity index (χ2n) is 4.30. The summed E-state index contributed by atoms with van der Waals surface area (Å²) < 4.78 is 3.76. The quantitative estimate of drug-likeness (QED) is 0.602. The molecule has 2 aromatic carbocycles. The van der Waals surface area contributed by atoms with Crippen LogP contribution in [0.5, 0.6) is 0 Å². The van der Waals surface area contributed by atoms with E-state index in [-0.39, 0.29) is 0 Å². The average Bonchev–Trinajstić information content (AvgIpc) is 2.43. The molecule has 0 aromatic heterocycles. The van der Waals surface area contributed by atoms with Crippen molar-refractivity contribution >= 4 is 33.7 Å².